The van der Waals surface area contributed by atoms with Crippen molar-refractivity contribution in [1.29, 1.82) is 0 Å². The molecule has 0 aromatic heterocycles. The molecule has 6 heteroatoms. The van der Waals surface area contributed by atoms with Gasteiger partial charge in [0.1, 0.15) is 6.04 Å². The lowest BCUT2D eigenvalue weighted by atomic mass is 9.95. The monoisotopic (exact) mass is 256 g/mol. The van der Waals surface area contributed by atoms with Crippen LogP contribution in [0.5, 0.6) is 0 Å². The van der Waals surface area contributed by atoms with Crippen molar-refractivity contribution in [3.05, 3.63) is 0 Å². The van der Waals surface area contributed by atoms with Gasteiger partial charge in [0.15, 0.2) is 0 Å². The molecule has 0 aliphatic carbocycles. The molecule has 0 radical (unpaired) electrons. The maximum atomic E-state index is 12.1. The number of likely N-dealkylation sites (tertiary alicyclic amines) is 1. The van der Waals surface area contributed by atoms with Crippen LogP contribution < -0.4 is 5.32 Å². The summed E-state index contributed by atoms with van der Waals surface area (Å²) in [6, 6.07) is -0.857. The molecule has 2 rings (SSSR count). The fourth-order valence-corrected chi connectivity index (χ4v) is 2.79. The minimum absolute atomic E-state index is 0.143. The minimum atomic E-state index is -1.03. The van der Waals surface area contributed by atoms with E-state index in [9.17, 15) is 14.7 Å². The summed E-state index contributed by atoms with van der Waals surface area (Å²) in [5.74, 6) is -0.882. The lowest BCUT2D eigenvalue weighted by molar-refractivity contribution is -0.148. The van der Waals surface area contributed by atoms with Crippen LogP contribution in [0, 0.1) is 5.92 Å². The Labute approximate surface area is 106 Å². The van der Waals surface area contributed by atoms with Crippen LogP contribution >= 0.6 is 0 Å². The number of hydrogen-bond donors (Lipinski definition) is 3. The first-order valence-corrected chi connectivity index (χ1v) is 6.49. The number of aliphatic hydroxyl groups excluding tert-OH is 1. The second-order valence-corrected chi connectivity index (χ2v) is 5.21. The summed E-state index contributed by atoms with van der Waals surface area (Å²) in [7, 11) is 0. The van der Waals surface area contributed by atoms with E-state index in [4.69, 9.17) is 5.11 Å². The normalized spacial score (nSPS) is 32.5. The third-order valence-corrected chi connectivity index (χ3v) is 3.75. The summed E-state index contributed by atoms with van der Waals surface area (Å²) in [6.07, 6.45) is 1.88. The second-order valence-electron chi connectivity index (χ2n) is 5.21. The number of amides is 1. The molecule has 0 aromatic carbocycles. The van der Waals surface area contributed by atoms with Crippen LogP contribution in [0.1, 0.15) is 25.7 Å². The summed E-state index contributed by atoms with van der Waals surface area (Å²) in [5.41, 5.74) is 0. The van der Waals surface area contributed by atoms with Crippen LogP contribution in [0.4, 0.5) is 0 Å². The van der Waals surface area contributed by atoms with Crippen LogP contribution in [0.25, 0.3) is 0 Å². The average molecular weight is 256 g/mol. The first-order valence-electron chi connectivity index (χ1n) is 6.49. The zero-order chi connectivity index (χ0) is 13.1. The molecule has 2 heterocycles. The lowest BCUT2D eigenvalue weighted by Crippen LogP contribution is -2.42. The van der Waals surface area contributed by atoms with E-state index < -0.39 is 18.1 Å². The quantitative estimate of drug-likeness (QED) is 0.629. The number of aliphatic hydroxyl groups is 1. The number of aliphatic carboxylic acids is 1. The first-order chi connectivity index (χ1) is 8.58. The van der Waals surface area contributed by atoms with Gasteiger partial charge in [0.05, 0.1) is 6.10 Å². The van der Waals surface area contributed by atoms with Crippen LogP contribution in [0.2, 0.25) is 0 Å². The summed E-state index contributed by atoms with van der Waals surface area (Å²) >= 11 is 0. The van der Waals surface area contributed by atoms with Crippen LogP contribution in [0.15, 0.2) is 0 Å². The molecule has 2 saturated heterocycles. The molecule has 18 heavy (non-hydrogen) atoms. The van der Waals surface area contributed by atoms with Gasteiger partial charge in [-0.25, -0.2) is 4.79 Å². The van der Waals surface area contributed by atoms with E-state index in [1.165, 1.54) is 4.90 Å². The standard InChI is InChI=1S/C12H20N2O4/c15-9-5-10(12(17)18)14(7-9)11(16)4-8-2-1-3-13-6-8/h8-10,13,15H,1-7H2,(H,17,18). The number of piperidine rings is 1. The minimum Gasteiger partial charge on any atom is -0.480 e. The number of β-amino-alcohol motifs (C(OH)–C–C–N with tert-alkyl or cyclic N) is 1. The fourth-order valence-electron chi connectivity index (χ4n) is 2.79. The van der Waals surface area contributed by atoms with Crippen LogP contribution in [-0.2, 0) is 9.59 Å². The van der Waals surface area contributed by atoms with Gasteiger partial charge in [-0.15, -0.1) is 0 Å². The Morgan fingerprint density at radius 3 is 2.78 bits per heavy atom. The highest BCUT2D eigenvalue weighted by Gasteiger charge is 2.39. The molecular weight excluding hydrogens is 236 g/mol. The highest BCUT2D eigenvalue weighted by Crippen LogP contribution is 2.22. The maximum Gasteiger partial charge on any atom is 0.326 e. The molecule has 0 spiro atoms. The third kappa shape index (κ3) is 3.00. The molecule has 6 nitrogen and oxygen atoms in total. The molecule has 1 amide bonds. The van der Waals surface area contributed by atoms with Gasteiger partial charge >= 0.3 is 5.97 Å². The van der Waals surface area contributed by atoms with Crippen molar-refractivity contribution in [2.24, 2.45) is 5.92 Å². The van der Waals surface area contributed by atoms with Crippen molar-refractivity contribution >= 4 is 11.9 Å². The number of nitrogens with one attached hydrogen (secondary N) is 1. The summed E-state index contributed by atoms with van der Waals surface area (Å²) in [4.78, 5) is 24.5. The van der Waals surface area contributed by atoms with Gasteiger partial charge in [-0.1, -0.05) is 0 Å². The highest BCUT2D eigenvalue weighted by molar-refractivity contribution is 5.84. The third-order valence-electron chi connectivity index (χ3n) is 3.75. The Hall–Kier alpha value is -1.14. The largest absolute Gasteiger partial charge is 0.480 e. The molecule has 0 bridgehead atoms. The maximum absolute atomic E-state index is 12.1. The number of carboxylic acids is 1. The van der Waals surface area contributed by atoms with Gasteiger partial charge in [-0.05, 0) is 31.8 Å². The molecule has 2 fully saturated rings. The summed E-state index contributed by atoms with van der Waals surface area (Å²) in [5, 5.41) is 21.8. The van der Waals surface area contributed by atoms with Crippen LogP contribution in [-0.4, -0.2) is 58.8 Å². The molecule has 0 saturated carbocycles. The topological polar surface area (TPSA) is 89.9 Å². The molecular formula is C12H20N2O4. The molecule has 102 valence electrons. The number of carbonyl (C=O) groups excluding carboxylic acids is 1. The molecule has 3 N–H and O–H groups in total. The predicted molar refractivity (Wildman–Crippen MR) is 64.0 cm³/mol. The molecule has 3 atom stereocenters. The van der Waals surface area contributed by atoms with Gasteiger partial charge in [0.25, 0.3) is 0 Å². The molecule has 3 unspecified atom stereocenters. The Morgan fingerprint density at radius 1 is 1.39 bits per heavy atom. The fraction of sp³-hybridized carbons (Fsp3) is 0.833. The highest BCUT2D eigenvalue weighted by atomic mass is 16.4. The SMILES string of the molecule is O=C(O)C1CC(O)CN1C(=O)CC1CCCNC1. The van der Waals surface area contributed by atoms with E-state index in [2.05, 4.69) is 5.32 Å². The molecule has 2 aliphatic heterocycles. The van der Waals surface area contributed by atoms with Crippen LogP contribution in [0.3, 0.4) is 0 Å². The Kier molecular flexibility index (Phi) is 4.19. The first kappa shape index (κ1) is 13.3. The average Bonchev–Trinajstić information content (AvgIpc) is 2.73. The smallest absolute Gasteiger partial charge is 0.326 e. The number of carbonyl (C=O) groups is 2. The second kappa shape index (κ2) is 5.67. The summed E-state index contributed by atoms with van der Waals surface area (Å²) in [6.45, 7) is 1.96. The van der Waals surface area contributed by atoms with Crippen molar-refractivity contribution in [2.75, 3.05) is 19.6 Å². The van der Waals surface area contributed by atoms with Gasteiger partial charge in [0.2, 0.25) is 5.91 Å². The lowest BCUT2D eigenvalue weighted by Gasteiger charge is -2.26. The Bertz CT molecular complexity index is 328. The number of hydrogen-bond acceptors (Lipinski definition) is 4. The van der Waals surface area contributed by atoms with E-state index in [0.29, 0.717) is 12.3 Å². The van der Waals surface area contributed by atoms with E-state index in [-0.39, 0.29) is 18.9 Å². The van der Waals surface area contributed by atoms with Crippen molar-refractivity contribution in [3.63, 3.8) is 0 Å². The summed E-state index contributed by atoms with van der Waals surface area (Å²) < 4.78 is 0. The molecule has 2 aliphatic rings. The van der Waals surface area contributed by atoms with Gasteiger partial charge in [-0.2, -0.15) is 0 Å². The predicted octanol–water partition coefficient (Wildman–Crippen LogP) is -0.577. The van der Waals surface area contributed by atoms with Crippen molar-refractivity contribution in [3.8, 4) is 0 Å². The van der Waals surface area contributed by atoms with Crippen molar-refractivity contribution in [2.45, 2.75) is 37.8 Å². The number of carboxylic acid groups (broad SMARTS) is 1. The molecule has 0 aromatic rings. The zero-order valence-corrected chi connectivity index (χ0v) is 10.3. The van der Waals surface area contributed by atoms with Gasteiger partial charge < -0.3 is 20.4 Å². The number of nitrogens with zero attached hydrogens (tertiary/aromatic N) is 1. The number of rotatable bonds is 3. The Morgan fingerprint density at radius 2 is 2.17 bits per heavy atom. The van der Waals surface area contributed by atoms with Gasteiger partial charge in [-0.3, -0.25) is 4.79 Å². The van der Waals surface area contributed by atoms with E-state index in [1.807, 2.05) is 0 Å². The van der Waals surface area contributed by atoms with E-state index >= 15 is 0 Å². The van der Waals surface area contributed by atoms with E-state index in [1.54, 1.807) is 0 Å². The van der Waals surface area contributed by atoms with Gasteiger partial charge in [0, 0.05) is 19.4 Å². The Balaban J connectivity index is 1.92. The van der Waals surface area contributed by atoms with E-state index in [0.717, 1.165) is 25.9 Å². The zero-order valence-electron chi connectivity index (χ0n) is 10.3. The van der Waals surface area contributed by atoms with Crippen molar-refractivity contribution in [1.82, 2.24) is 10.2 Å². The van der Waals surface area contributed by atoms with Crippen molar-refractivity contribution < 1.29 is 19.8 Å².